The van der Waals surface area contributed by atoms with Crippen LogP contribution in [0.15, 0.2) is 0 Å². The van der Waals surface area contributed by atoms with Gasteiger partial charge in [-0.25, -0.2) is 8.42 Å². The number of carbonyl (C=O) groups is 2. The Labute approximate surface area is 112 Å². The molecule has 0 heterocycles. The molecule has 1 aliphatic carbocycles. The second-order valence-corrected chi connectivity index (χ2v) is 6.73. The zero-order chi connectivity index (χ0) is 14.7. The monoisotopic (exact) mass is 293 g/mol. The molecule has 110 valence electrons. The van der Waals surface area contributed by atoms with Gasteiger partial charge in [0.1, 0.15) is 5.54 Å². The molecular weight excluding hydrogens is 274 g/mol. The first-order chi connectivity index (χ1) is 8.71. The van der Waals surface area contributed by atoms with Crippen LogP contribution in [0.1, 0.15) is 32.6 Å². The van der Waals surface area contributed by atoms with Gasteiger partial charge in [0.15, 0.2) is 5.75 Å². The minimum absolute atomic E-state index is 0.226. The molecule has 2 N–H and O–H groups in total. The molecule has 0 amide bonds. The van der Waals surface area contributed by atoms with Crippen molar-refractivity contribution in [3.8, 4) is 0 Å². The summed E-state index contributed by atoms with van der Waals surface area (Å²) in [5, 5.41) is 9.29. The van der Waals surface area contributed by atoms with E-state index in [-0.39, 0.29) is 12.8 Å². The van der Waals surface area contributed by atoms with Crippen LogP contribution in [0.3, 0.4) is 0 Å². The number of rotatable bonds is 5. The van der Waals surface area contributed by atoms with E-state index in [2.05, 4.69) is 9.46 Å². The Morgan fingerprint density at radius 2 is 1.89 bits per heavy atom. The highest BCUT2D eigenvalue weighted by Gasteiger charge is 2.44. The van der Waals surface area contributed by atoms with E-state index >= 15 is 0 Å². The van der Waals surface area contributed by atoms with Crippen molar-refractivity contribution >= 4 is 22.0 Å². The third kappa shape index (κ3) is 4.17. The Morgan fingerprint density at radius 1 is 1.37 bits per heavy atom. The van der Waals surface area contributed by atoms with E-state index in [9.17, 15) is 23.1 Å². The normalized spacial score (nSPS) is 27.8. The number of carbonyl (C=O) groups excluding carboxylic acids is 1. The molecule has 1 aliphatic rings. The summed E-state index contributed by atoms with van der Waals surface area (Å²) in [6, 6.07) is 0. The van der Waals surface area contributed by atoms with Gasteiger partial charge in [0, 0.05) is 0 Å². The molecule has 1 rings (SSSR count). The first kappa shape index (κ1) is 15.9. The molecule has 0 spiro atoms. The van der Waals surface area contributed by atoms with Crippen LogP contribution in [0.5, 0.6) is 0 Å². The third-order valence-corrected chi connectivity index (χ3v) is 4.74. The Kier molecular flexibility index (Phi) is 4.92. The first-order valence-corrected chi connectivity index (χ1v) is 7.68. The molecule has 0 aromatic heterocycles. The highest BCUT2D eigenvalue weighted by molar-refractivity contribution is 7.90. The van der Waals surface area contributed by atoms with Crippen LogP contribution in [0.25, 0.3) is 0 Å². The molecule has 0 unspecified atom stereocenters. The van der Waals surface area contributed by atoms with E-state index in [0.29, 0.717) is 18.8 Å². The average Bonchev–Trinajstić information content (AvgIpc) is 2.31. The number of carboxylic acid groups (broad SMARTS) is 1. The molecule has 0 saturated heterocycles. The fourth-order valence-corrected chi connectivity index (χ4v) is 3.55. The number of sulfonamides is 1. The van der Waals surface area contributed by atoms with Crippen molar-refractivity contribution in [1.82, 2.24) is 4.72 Å². The number of nitrogens with one attached hydrogen (secondary N) is 1. The summed E-state index contributed by atoms with van der Waals surface area (Å²) in [6.07, 6.45) is 1.72. The molecule has 0 aromatic rings. The molecule has 7 nitrogen and oxygen atoms in total. The number of hydrogen-bond acceptors (Lipinski definition) is 5. The Hall–Kier alpha value is -1.15. The van der Waals surface area contributed by atoms with E-state index in [1.165, 1.54) is 0 Å². The van der Waals surface area contributed by atoms with Gasteiger partial charge in [-0.15, -0.1) is 0 Å². The molecule has 0 atom stereocenters. The van der Waals surface area contributed by atoms with Crippen molar-refractivity contribution in [1.29, 1.82) is 0 Å². The molecule has 0 aliphatic heterocycles. The third-order valence-electron chi connectivity index (χ3n) is 3.42. The number of ether oxygens (including phenoxy) is 1. The fraction of sp³-hybridized carbons (Fsp3) is 0.818. The summed E-state index contributed by atoms with van der Waals surface area (Å²) in [6.45, 7) is 1.99. The van der Waals surface area contributed by atoms with Crippen molar-refractivity contribution in [3.63, 3.8) is 0 Å². The van der Waals surface area contributed by atoms with Crippen LogP contribution in [0.2, 0.25) is 0 Å². The number of aliphatic carboxylic acids is 1. The van der Waals surface area contributed by atoms with Crippen molar-refractivity contribution in [2.75, 3.05) is 12.9 Å². The quantitative estimate of drug-likeness (QED) is 0.696. The average molecular weight is 293 g/mol. The lowest BCUT2D eigenvalue weighted by atomic mass is 9.78. The lowest BCUT2D eigenvalue weighted by Crippen LogP contribution is -2.57. The first-order valence-electron chi connectivity index (χ1n) is 6.02. The van der Waals surface area contributed by atoms with Gasteiger partial charge in [-0.1, -0.05) is 6.92 Å². The molecule has 0 bridgehead atoms. The number of carboxylic acids is 1. The van der Waals surface area contributed by atoms with Crippen LogP contribution in [-0.4, -0.2) is 43.9 Å². The molecule has 19 heavy (non-hydrogen) atoms. The summed E-state index contributed by atoms with van der Waals surface area (Å²) in [7, 11) is -2.94. The lowest BCUT2D eigenvalue weighted by Gasteiger charge is -2.35. The van der Waals surface area contributed by atoms with Gasteiger partial charge >= 0.3 is 11.9 Å². The van der Waals surface area contributed by atoms with Gasteiger partial charge in [-0.2, -0.15) is 4.72 Å². The van der Waals surface area contributed by atoms with E-state index < -0.39 is 33.3 Å². The summed E-state index contributed by atoms with van der Waals surface area (Å²) in [5.41, 5.74) is -1.50. The topological polar surface area (TPSA) is 110 Å². The summed E-state index contributed by atoms with van der Waals surface area (Å²) in [5.74, 6) is -2.61. The summed E-state index contributed by atoms with van der Waals surface area (Å²) < 4.78 is 30.0. The highest BCUT2D eigenvalue weighted by Crippen LogP contribution is 2.32. The lowest BCUT2D eigenvalue weighted by molar-refractivity contribution is -0.146. The predicted octanol–water partition coefficient (Wildman–Crippen LogP) is 0.112. The highest BCUT2D eigenvalue weighted by atomic mass is 32.2. The molecule has 8 heteroatoms. The van der Waals surface area contributed by atoms with E-state index in [1.54, 1.807) is 0 Å². The number of hydrogen-bond donors (Lipinski definition) is 2. The molecule has 0 aromatic carbocycles. The van der Waals surface area contributed by atoms with Crippen LogP contribution >= 0.6 is 0 Å². The van der Waals surface area contributed by atoms with Crippen molar-refractivity contribution < 1.29 is 27.9 Å². The zero-order valence-electron chi connectivity index (χ0n) is 11.0. The van der Waals surface area contributed by atoms with Crippen LogP contribution in [-0.2, 0) is 24.3 Å². The molecule has 1 fully saturated rings. The number of methoxy groups -OCH3 is 1. The van der Waals surface area contributed by atoms with Gasteiger partial charge < -0.3 is 9.84 Å². The second-order valence-electron chi connectivity index (χ2n) is 5.01. The smallest absolute Gasteiger partial charge is 0.324 e. The van der Waals surface area contributed by atoms with E-state index in [0.717, 1.165) is 7.11 Å². The van der Waals surface area contributed by atoms with Gasteiger partial charge in [0.25, 0.3) is 0 Å². The van der Waals surface area contributed by atoms with Gasteiger partial charge in [0.05, 0.1) is 7.11 Å². The number of esters is 1. The minimum Gasteiger partial charge on any atom is -0.480 e. The van der Waals surface area contributed by atoms with E-state index in [1.807, 2.05) is 6.92 Å². The van der Waals surface area contributed by atoms with Crippen molar-refractivity contribution in [2.24, 2.45) is 5.92 Å². The standard InChI is InChI=1S/C11H19NO6S/c1-8-3-5-11(6-4-8,10(14)15)12-19(16,17)7-9(13)18-2/h8,12H,3-7H2,1-2H3,(H,14,15). The fourth-order valence-electron chi connectivity index (χ4n) is 2.16. The largest absolute Gasteiger partial charge is 0.480 e. The molecular formula is C11H19NO6S. The van der Waals surface area contributed by atoms with Gasteiger partial charge in [0.2, 0.25) is 10.0 Å². The summed E-state index contributed by atoms with van der Waals surface area (Å²) >= 11 is 0. The Bertz CT molecular complexity index is 450. The maximum Gasteiger partial charge on any atom is 0.324 e. The minimum atomic E-state index is -4.02. The Morgan fingerprint density at radius 3 is 2.32 bits per heavy atom. The van der Waals surface area contributed by atoms with E-state index in [4.69, 9.17) is 0 Å². The van der Waals surface area contributed by atoms with Crippen molar-refractivity contribution in [3.05, 3.63) is 0 Å². The maximum absolute atomic E-state index is 11.8. The summed E-state index contributed by atoms with van der Waals surface area (Å²) in [4.78, 5) is 22.4. The predicted molar refractivity (Wildman–Crippen MR) is 66.9 cm³/mol. The SMILES string of the molecule is COC(=O)CS(=O)(=O)NC1(C(=O)O)CCC(C)CC1. The van der Waals surface area contributed by atoms with Gasteiger partial charge in [-0.05, 0) is 31.6 Å². The van der Waals surface area contributed by atoms with Crippen LogP contribution < -0.4 is 4.72 Å². The van der Waals surface area contributed by atoms with Gasteiger partial charge in [-0.3, -0.25) is 9.59 Å². The Balaban J connectivity index is 2.85. The zero-order valence-corrected chi connectivity index (χ0v) is 11.8. The maximum atomic E-state index is 11.8. The second kappa shape index (κ2) is 5.87. The van der Waals surface area contributed by atoms with Crippen LogP contribution in [0, 0.1) is 5.92 Å². The molecule has 0 radical (unpaired) electrons. The molecule has 1 saturated carbocycles. The van der Waals surface area contributed by atoms with Crippen LogP contribution in [0.4, 0.5) is 0 Å². The van der Waals surface area contributed by atoms with Crippen molar-refractivity contribution in [2.45, 2.75) is 38.1 Å².